The molecule has 1 rings (SSSR count). The lowest BCUT2D eigenvalue weighted by atomic mass is 10.0. The molecule has 0 spiro atoms. The minimum atomic E-state index is 0.0824. The van der Waals surface area contributed by atoms with Crippen molar-refractivity contribution in [3.8, 4) is 0 Å². The standard InChI is InChI=1S/C11H22O2/c1-4-6-7-11-12-8-10(13-11)9(3)5-2/h9-11H,4-8H2,1-3H3. The van der Waals surface area contributed by atoms with Gasteiger partial charge in [-0.15, -0.1) is 0 Å². The molecule has 1 aliphatic rings. The Kier molecular flexibility index (Phi) is 4.74. The van der Waals surface area contributed by atoms with E-state index in [2.05, 4.69) is 20.8 Å². The van der Waals surface area contributed by atoms with Crippen LogP contribution in [-0.2, 0) is 9.47 Å². The van der Waals surface area contributed by atoms with Crippen molar-refractivity contribution < 1.29 is 9.47 Å². The number of hydrogen-bond acceptors (Lipinski definition) is 2. The molecule has 0 aromatic carbocycles. The summed E-state index contributed by atoms with van der Waals surface area (Å²) in [5, 5.41) is 0. The van der Waals surface area contributed by atoms with Crippen molar-refractivity contribution >= 4 is 0 Å². The minimum absolute atomic E-state index is 0.0824. The molecule has 3 unspecified atom stereocenters. The molecule has 2 heteroatoms. The first-order valence-electron chi connectivity index (χ1n) is 5.55. The molecule has 0 N–H and O–H groups in total. The van der Waals surface area contributed by atoms with Gasteiger partial charge in [0.05, 0.1) is 12.7 Å². The molecule has 1 fully saturated rings. The average Bonchev–Trinajstić information content (AvgIpc) is 2.62. The van der Waals surface area contributed by atoms with Crippen LogP contribution in [0.2, 0.25) is 0 Å². The molecule has 1 aliphatic heterocycles. The van der Waals surface area contributed by atoms with Crippen molar-refractivity contribution in [2.45, 2.75) is 58.8 Å². The van der Waals surface area contributed by atoms with E-state index >= 15 is 0 Å². The fourth-order valence-electron chi connectivity index (χ4n) is 1.56. The zero-order valence-electron chi connectivity index (χ0n) is 9.08. The molecule has 1 heterocycles. The van der Waals surface area contributed by atoms with Crippen LogP contribution in [0.15, 0.2) is 0 Å². The summed E-state index contributed by atoms with van der Waals surface area (Å²) >= 11 is 0. The van der Waals surface area contributed by atoms with Gasteiger partial charge in [0.2, 0.25) is 0 Å². The lowest BCUT2D eigenvalue weighted by Crippen LogP contribution is -2.20. The fraction of sp³-hybridized carbons (Fsp3) is 1.00. The van der Waals surface area contributed by atoms with Crippen molar-refractivity contribution in [3.05, 3.63) is 0 Å². The molecule has 13 heavy (non-hydrogen) atoms. The van der Waals surface area contributed by atoms with E-state index in [4.69, 9.17) is 9.47 Å². The maximum absolute atomic E-state index is 5.79. The van der Waals surface area contributed by atoms with Crippen LogP contribution in [-0.4, -0.2) is 19.0 Å². The van der Waals surface area contributed by atoms with E-state index in [-0.39, 0.29) is 6.29 Å². The Morgan fingerprint density at radius 2 is 2.15 bits per heavy atom. The molecule has 0 amide bonds. The Balaban J connectivity index is 2.19. The second-order valence-corrected chi connectivity index (χ2v) is 3.97. The third kappa shape index (κ3) is 3.28. The molecule has 2 nitrogen and oxygen atoms in total. The van der Waals surface area contributed by atoms with Crippen LogP contribution in [0, 0.1) is 5.92 Å². The Labute approximate surface area is 81.6 Å². The van der Waals surface area contributed by atoms with E-state index in [1.807, 2.05) is 0 Å². The zero-order chi connectivity index (χ0) is 9.68. The Morgan fingerprint density at radius 3 is 2.77 bits per heavy atom. The van der Waals surface area contributed by atoms with E-state index < -0.39 is 0 Å². The van der Waals surface area contributed by atoms with Gasteiger partial charge in [0.15, 0.2) is 6.29 Å². The number of ether oxygens (including phenoxy) is 2. The van der Waals surface area contributed by atoms with Gasteiger partial charge >= 0.3 is 0 Å². The summed E-state index contributed by atoms with van der Waals surface area (Å²) in [5.74, 6) is 0.631. The van der Waals surface area contributed by atoms with Gasteiger partial charge in [-0.05, 0) is 18.8 Å². The predicted octanol–water partition coefficient (Wildman–Crippen LogP) is 2.96. The van der Waals surface area contributed by atoms with Gasteiger partial charge in [-0.1, -0.05) is 33.6 Å². The van der Waals surface area contributed by atoms with Gasteiger partial charge in [0.25, 0.3) is 0 Å². The van der Waals surface area contributed by atoms with Gasteiger partial charge in [0.1, 0.15) is 0 Å². The lowest BCUT2D eigenvalue weighted by Gasteiger charge is -2.16. The molecular weight excluding hydrogens is 164 g/mol. The average molecular weight is 186 g/mol. The highest BCUT2D eigenvalue weighted by Gasteiger charge is 2.28. The van der Waals surface area contributed by atoms with Gasteiger partial charge in [-0.25, -0.2) is 0 Å². The monoisotopic (exact) mass is 186 g/mol. The molecule has 3 atom stereocenters. The summed E-state index contributed by atoms with van der Waals surface area (Å²) in [6.45, 7) is 7.42. The van der Waals surface area contributed by atoms with Crippen LogP contribution in [0.3, 0.4) is 0 Å². The van der Waals surface area contributed by atoms with Crippen LogP contribution in [0.5, 0.6) is 0 Å². The highest BCUT2D eigenvalue weighted by Crippen LogP contribution is 2.23. The largest absolute Gasteiger partial charge is 0.350 e. The smallest absolute Gasteiger partial charge is 0.158 e. The fourth-order valence-corrected chi connectivity index (χ4v) is 1.56. The Morgan fingerprint density at radius 1 is 1.38 bits per heavy atom. The van der Waals surface area contributed by atoms with Crippen LogP contribution in [0.4, 0.5) is 0 Å². The Bertz CT molecular complexity index is 136. The van der Waals surface area contributed by atoms with Gasteiger partial charge in [-0.3, -0.25) is 0 Å². The van der Waals surface area contributed by atoms with E-state index in [0.717, 1.165) is 13.0 Å². The maximum Gasteiger partial charge on any atom is 0.158 e. The summed E-state index contributed by atoms with van der Waals surface area (Å²) in [7, 11) is 0. The Hall–Kier alpha value is -0.0800. The molecule has 0 aromatic heterocycles. The summed E-state index contributed by atoms with van der Waals surface area (Å²) in [6, 6.07) is 0. The zero-order valence-corrected chi connectivity index (χ0v) is 9.08. The summed E-state index contributed by atoms with van der Waals surface area (Å²) in [4.78, 5) is 0. The lowest BCUT2D eigenvalue weighted by molar-refractivity contribution is -0.0708. The van der Waals surface area contributed by atoms with Crippen LogP contribution in [0.1, 0.15) is 46.5 Å². The molecule has 0 aromatic rings. The highest BCUT2D eigenvalue weighted by molar-refractivity contribution is 4.70. The van der Waals surface area contributed by atoms with Crippen molar-refractivity contribution in [2.75, 3.05) is 6.61 Å². The molecular formula is C11H22O2. The van der Waals surface area contributed by atoms with Crippen molar-refractivity contribution in [1.29, 1.82) is 0 Å². The van der Waals surface area contributed by atoms with Crippen LogP contribution < -0.4 is 0 Å². The van der Waals surface area contributed by atoms with Crippen molar-refractivity contribution in [3.63, 3.8) is 0 Å². The van der Waals surface area contributed by atoms with Gasteiger partial charge in [0, 0.05) is 0 Å². The quantitative estimate of drug-likeness (QED) is 0.657. The first-order chi connectivity index (χ1) is 6.27. The molecule has 0 aliphatic carbocycles. The second kappa shape index (κ2) is 5.61. The van der Waals surface area contributed by atoms with Crippen molar-refractivity contribution in [1.82, 2.24) is 0 Å². The van der Waals surface area contributed by atoms with E-state index in [1.165, 1.54) is 19.3 Å². The predicted molar refractivity (Wildman–Crippen MR) is 53.6 cm³/mol. The highest BCUT2D eigenvalue weighted by atomic mass is 16.7. The van der Waals surface area contributed by atoms with E-state index in [0.29, 0.717) is 12.0 Å². The summed E-state index contributed by atoms with van der Waals surface area (Å²) in [6.07, 6.45) is 5.08. The summed E-state index contributed by atoms with van der Waals surface area (Å²) < 4.78 is 11.4. The number of unbranched alkanes of at least 4 members (excludes halogenated alkanes) is 1. The number of hydrogen-bond donors (Lipinski definition) is 0. The molecule has 1 saturated heterocycles. The maximum atomic E-state index is 5.79. The molecule has 0 radical (unpaired) electrons. The van der Waals surface area contributed by atoms with Gasteiger partial charge < -0.3 is 9.47 Å². The van der Waals surface area contributed by atoms with Crippen molar-refractivity contribution in [2.24, 2.45) is 5.92 Å². The minimum Gasteiger partial charge on any atom is -0.350 e. The first kappa shape index (κ1) is 11.0. The molecule has 0 bridgehead atoms. The SMILES string of the molecule is CCCCC1OCC(C(C)CC)O1. The van der Waals surface area contributed by atoms with E-state index in [9.17, 15) is 0 Å². The molecule has 78 valence electrons. The topological polar surface area (TPSA) is 18.5 Å². The van der Waals surface area contributed by atoms with Crippen LogP contribution in [0.25, 0.3) is 0 Å². The third-order valence-corrected chi connectivity index (χ3v) is 2.84. The van der Waals surface area contributed by atoms with Gasteiger partial charge in [-0.2, -0.15) is 0 Å². The second-order valence-electron chi connectivity index (χ2n) is 3.97. The normalized spacial score (nSPS) is 30.7. The number of rotatable bonds is 5. The summed E-state index contributed by atoms with van der Waals surface area (Å²) in [5.41, 5.74) is 0. The molecule has 0 saturated carbocycles. The third-order valence-electron chi connectivity index (χ3n) is 2.84. The van der Waals surface area contributed by atoms with E-state index in [1.54, 1.807) is 0 Å². The first-order valence-corrected chi connectivity index (χ1v) is 5.55. The van der Waals surface area contributed by atoms with Crippen LogP contribution >= 0.6 is 0 Å².